The van der Waals surface area contributed by atoms with E-state index in [9.17, 15) is 4.79 Å². The van der Waals surface area contributed by atoms with Gasteiger partial charge in [0.2, 0.25) is 0 Å². The monoisotopic (exact) mass is 381 g/mol. The van der Waals surface area contributed by atoms with Crippen LogP contribution in [0.25, 0.3) is 5.69 Å². The molecule has 1 aliphatic rings. The van der Waals surface area contributed by atoms with E-state index in [0.29, 0.717) is 0 Å². The maximum absolute atomic E-state index is 12.4. The standard InChI is InChI=1S/C24H35N3O/c1-5-26(6-2)15-7-14-25-24(28)20-9-11-22(12-10-20)27-19(4)17-21-16-18(3)8-13-23(21)27/h9-12,17-18H,5-8,13-16H2,1-4H3,(H,25,28)/t18-/m1/s1. The van der Waals surface area contributed by atoms with Gasteiger partial charge >= 0.3 is 0 Å². The normalized spacial score (nSPS) is 16.2. The second-order valence-electron chi connectivity index (χ2n) is 8.12. The number of hydrogen-bond donors (Lipinski definition) is 1. The van der Waals surface area contributed by atoms with Gasteiger partial charge in [-0.3, -0.25) is 4.79 Å². The number of rotatable bonds is 8. The summed E-state index contributed by atoms with van der Waals surface area (Å²) in [6, 6.07) is 10.4. The van der Waals surface area contributed by atoms with Crippen molar-refractivity contribution in [2.45, 2.75) is 53.4 Å². The largest absolute Gasteiger partial charge is 0.352 e. The SMILES string of the molecule is CCN(CC)CCCNC(=O)c1ccc(-n2c(C)cc3c2CC[C@@H](C)C3)cc1. The maximum Gasteiger partial charge on any atom is 0.251 e. The molecule has 0 saturated carbocycles. The summed E-state index contributed by atoms with van der Waals surface area (Å²) in [7, 11) is 0. The Bertz CT molecular complexity index is 787. The Labute approximate surface area is 169 Å². The zero-order valence-electron chi connectivity index (χ0n) is 17.9. The first kappa shape index (κ1) is 20.7. The first-order valence-electron chi connectivity index (χ1n) is 10.8. The molecule has 3 rings (SSSR count). The van der Waals surface area contributed by atoms with Crippen LogP contribution in [-0.4, -0.2) is 41.6 Å². The molecule has 0 radical (unpaired) electrons. The minimum absolute atomic E-state index is 0.0196. The van der Waals surface area contributed by atoms with E-state index in [2.05, 4.69) is 60.7 Å². The Morgan fingerprint density at radius 2 is 1.93 bits per heavy atom. The lowest BCUT2D eigenvalue weighted by molar-refractivity contribution is 0.0952. The molecule has 0 saturated heterocycles. The fraction of sp³-hybridized carbons (Fsp3) is 0.542. The molecular weight excluding hydrogens is 346 g/mol. The van der Waals surface area contributed by atoms with E-state index in [4.69, 9.17) is 0 Å². The number of aryl methyl sites for hydroxylation is 1. The number of nitrogens with zero attached hydrogens (tertiary/aromatic N) is 2. The lowest BCUT2D eigenvalue weighted by Crippen LogP contribution is -2.29. The first-order valence-corrected chi connectivity index (χ1v) is 10.8. The van der Waals surface area contributed by atoms with Crippen molar-refractivity contribution < 1.29 is 4.79 Å². The lowest BCUT2D eigenvalue weighted by atomic mass is 9.89. The van der Waals surface area contributed by atoms with Gasteiger partial charge in [0.15, 0.2) is 0 Å². The molecule has 4 heteroatoms. The lowest BCUT2D eigenvalue weighted by Gasteiger charge is -2.21. The Hall–Kier alpha value is -2.07. The average molecular weight is 382 g/mol. The van der Waals surface area contributed by atoms with Crippen LogP contribution in [0.4, 0.5) is 0 Å². The summed E-state index contributed by atoms with van der Waals surface area (Å²) in [5.74, 6) is 0.793. The van der Waals surface area contributed by atoms with Crippen LogP contribution in [0.1, 0.15) is 60.9 Å². The van der Waals surface area contributed by atoms with Gasteiger partial charge in [0.05, 0.1) is 0 Å². The van der Waals surface area contributed by atoms with Crippen LogP contribution in [-0.2, 0) is 12.8 Å². The second kappa shape index (κ2) is 9.42. The highest BCUT2D eigenvalue weighted by atomic mass is 16.1. The van der Waals surface area contributed by atoms with Crippen LogP contribution in [0.15, 0.2) is 30.3 Å². The Morgan fingerprint density at radius 1 is 1.21 bits per heavy atom. The average Bonchev–Trinajstić information content (AvgIpc) is 3.02. The molecule has 152 valence electrons. The summed E-state index contributed by atoms with van der Waals surface area (Å²) in [6.45, 7) is 12.7. The minimum atomic E-state index is 0.0196. The molecule has 1 atom stereocenters. The van der Waals surface area contributed by atoms with Crippen molar-refractivity contribution in [1.82, 2.24) is 14.8 Å². The topological polar surface area (TPSA) is 37.3 Å². The summed E-state index contributed by atoms with van der Waals surface area (Å²) < 4.78 is 2.37. The molecule has 1 amide bonds. The highest BCUT2D eigenvalue weighted by Crippen LogP contribution is 2.30. The molecular formula is C24H35N3O. The number of amides is 1. The Balaban J connectivity index is 1.62. The summed E-state index contributed by atoms with van der Waals surface area (Å²) in [6.07, 6.45) is 4.55. The van der Waals surface area contributed by atoms with Crippen LogP contribution in [0.2, 0.25) is 0 Å². The summed E-state index contributed by atoms with van der Waals surface area (Å²) in [5.41, 5.74) is 6.12. The molecule has 1 aliphatic carbocycles. The molecule has 0 unspecified atom stereocenters. The van der Waals surface area contributed by atoms with E-state index in [0.717, 1.165) is 56.2 Å². The third kappa shape index (κ3) is 4.67. The number of carbonyl (C=O) groups excluding carboxylic acids is 1. The summed E-state index contributed by atoms with van der Waals surface area (Å²) >= 11 is 0. The molecule has 1 aromatic carbocycles. The quantitative estimate of drug-likeness (QED) is 0.689. The molecule has 1 aromatic heterocycles. The zero-order chi connectivity index (χ0) is 20.1. The smallest absolute Gasteiger partial charge is 0.251 e. The van der Waals surface area contributed by atoms with Crippen LogP contribution in [0.3, 0.4) is 0 Å². The number of nitrogens with one attached hydrogen (secondary N) is 1. The molecule has 0 bridgehead atoms. The van der Waals surface area contributed by atoms with Crippen molar-refractivity contribution in [2.75, 3.05) is 26.2 Å². The van der Waals surface area contributed by atoms with E-state index in [1.54, 1.807) is 0 Å². The van der Waals surface area contributed by atoms with Crippen molar-refractivity contribution in [3.05, 3.63) is 52.8 Å². The van der Waals surface area contributed by atoms with Gasteiger partial charge in [0, 0.05) is 29.2 Å². The number of aromatic nitrogens is 1. The van der Waals surface area contributed by atoms with Gasteiger partial charge in [-0.25, -0.2) is 0 Å². The van der Waals surface area contributed by atoms with E-state index in [-0.39, 0.29) is 5.91 Å². The summed E-state index contributed by atoms with van der Waals surface area (Å²) in [4.78, 5) is 14.8. The van der Waals surface area contributed by atoms with E-state index in [1.165, 1.54) is 29.8 Å². The third-order valence-electron chi connectivity index (χ3n) is 6.04. The third-order valence-corrected chi connectivity index (χ3v) is 6.04. The van der Waals surface area contributed by atoms with E-state index >= 15 is 0 Å². The first-order chi connectivity index (χ1) is 13.5. The molecule has 1 N–H and O–H groups in total. The molecule has 2 aromatic rings. The number of benzene rings is 1. The molecule has 1 heterocycles. The molecule has 4 nitrogen and oxygen atoms in total. The number of carbonyl (C=O) groups is 1. The van der Waals surface area contributed by atoms with E-state index < -0.39 is 0 Å². The Kier molecular flexibility index (Phi) is 6.95. The van der Waals surface area contributed by atoms with Crippen molar-refractivity contribution >= 4 is 5.91 Å². The van der Waals surface area contributed by atoms with Gasteiger partial charge in [0.25, 0.3) is 5.91 Å². The van der Waals surface area contributed by atoms with Crippen LogP contribution >= 0.6 is 0 Å². The van der Waals surface area contributed by atoms with Crippen molar-refractivity contribution in [3.63, 3.8) is 0 Å². The Morgan fingerprint density at radius 3 is 2.61 bits per heavy atom. The molecule has 28 heavy (non-hydrogen) atoms. The fourth-order valence-corrected chi connectivity index (χ4v) is 4.33. The predicted octanol–water partition coefficient (Wildman–Crippen LogP) is 4.37. The van der Waals surface area contributed by atoms with Crippen molar-refractivity contribution in [2.24, 2.45) is 5.92 Å². The van der Waals surface area contributed by atoms with Gasteiger partial charge in [0.1, 0.15) is 0 Å². The fourth-order valence-electron chi connectivity index (χ4n) is 4.33. The molecule has 0 fully saturated rings. The van der Waals surface area contributed by atoms with Crippen LogP contribution in [0.5, 0.6) is 0 Å². The highest BCUT2D eigenvalue weighted by Gasteiger charge is 2.21. The van der Waals surface area contributed by atoms with Crippen LogP contribution in [0, 0.1) is 12.8 Å². The number of hydrogen-bond acceptors (Lipinski definition) is 2. The minimum Gasteiger partial charge on any atom is -0.352 e. The van der Waals surface area contributed by atoms with Crippen molar-refractivity contribution in [3.8, 4) is 5.69 Å². The van der Waals surface area contributed by atoms with Gasteiger partial charge < -0.3 is 14.8 Å². The highest BCUT2D eigenvalue weighted by molar-refractivity contribution is 5.94. The van der Waals surface area contributed by atoms with Gasteiger partial charge in [-0.1, -0.05) is 20.8 Å². The second-order valence-corrected chi connectivity index (χ2v) is 8.12. The molecule has 0 aliphatic heterocycles. The van der Waals surface area contributed by atoms with Crippen molar-refractivity contribution in [1.29, 1.82) is 0 Å². The number of fused-ring (bicyclic) bond motifs is 1. The van der Waals surface area contributed by atoms with E-state index in [1.807, 2.05) is 12.1 Å². The van der Waals surface area contributed by atoms with Crippen LogP contribution < -0.4 is 5.32 Å². The van der Waals surface area contributed by atoms with Gasteiger partial charge in [-0.15, -0.1) is 0 Å². The van der Waals surface area contributed by atoms with Gasteiger partial charge in [-0.05, 0) is 94.1 Å². The summed E-state index contributed by atoms with van der Waals surface area (Å²) in [5, 5.41) is 3.05. The zero-order valence-corrected chi connectivity index (χ0v) is 17.9. The predicted molar refractivity (Wildman–Crippen MR) is 116 cm³/mol. The van der Waals surface area contributed by atoms with Gasteiger partial charge in [-0.2, -0.15) is 0 Å². The maximum atomic E-state index is 12.4. The molecule has 0 spiro atoms.